The first kappa shape index (κ1) is 19.6. The molecular weight excluding hydrogens is 364 g/mol. The van der Waals surface area contributed by atoms with E-state index < -0.39 is 0 Å². The first-order chi connectivity index (χ1) is 14.3. The summed E-state index contributed by atoms with van der Waals surface area (Å²) in [6, 6.07) is 14.3. The van der Waals surface area contributed by atoms with Crippen LogP contribution in [-0.4, -0.2) is 67.8 Å². The Balaban J connectivity index is 1.39. The molecule has 0 spiro atoms. The van der Waals surface area contributed by atoms with Crippen LogP contribution in [0.15, 0.2) is 48.7 Å². The van der Waals surface area contributed by atoms with Gasteiger partial charge in [0.15, 0.2) is 11.5 Å². The second kappa shape index (κ2) is 9.20. The quantitative estimate of drug-likeness (QED) is 0.606. The second-order valence-electron chi connectivity index (χ2n) is 7.37. The Labute approximate surface area is 172 Å². The van der Waals surface area contributed by atoms with Crippen LogP contribution in [0.5, 0.6) is 11.5 Å². The van der Waals surface area contributed by atoms with Crippen molar-refractivity contribution < 1.29 is 9.47 Å². The average Bonchev–Trinajstić information content (AvgIpc) is 3.22. The summed E-state index contributed by atoms with van der Waals surface area (Å²) in [5.41, 5.74) is 3.04. The highest BCUT2D eigenvalue weighted by molar-refractivity contribution is 5.84. The minimum atomic E-state index is 0.654. The third-order valence-corrected chi connectivity index (χ3v) is 5.59. The number of hydrogen-bond donors (Lipinski definition) is 2. The maximum atomic E-state index is 6.09. The molecule has 154 valence electrons. The van der Waals surface area contributed by atoms with Gasteiger partial charge in [0.05, 0.1) is 12.8 Å². The molecule has 1 saturated heterocycles. The standard InChI is InChI=1S/C23H30N4O2/c1-3-26-11-13-27(14-12-26)15-16-29-22-6-4-5-21(23(22)28-2)25-19-7-8-20-18(17-19)9-10-24-20/h4-10,17,24-25H,3,11-16H2,1-2H3. The van der Waals surface area contributed by atoms with Gasteiger partial charge in [-0.15, -0.1) is 0 Å². The molecule has 3 aromatic rings. The van der Waals surface area contributed by atoms with Crippen molar-refractivity contribution in [3.8, 4) is 11.5 Å². The molecule has 29 heavy (non-hydrogen) atoms. The molecular formula is C23H30N4O2. The fourth-order valence-corrected chi connectivity index (χ4v) is 3.84. The molecule has 0 saturated carbocycles. The van der Waals surface area contributed by atoms with Gasteiger partial charge in [-0.05, 0) is 42.9 Å². The van der Waals surface area contributed by atoms with Crippen LogP contribution in [0.25, 0.3) is 10.9 Å². The summed E-state index contributed by atoms with van der Waals surface area (Å²) >= 11 is 0. The van der Waals surface area contributed by atoms with Gasteiger partial charge in [0.25, 0.3) is 0 Å². The predicted molar refractivity (Wildman–Crippen MR) is 119 cm³/mol. The van der Waals surface area contributed by atoms with Crippen LogP contribution in [-0.2, 0) is 0 Å². The van der Waals surface area contributed by atoms with Crippen molar-refractivity contribution in [3.05, 3.63) is 48.7 Å². The van der Waals surface area contributed by atoms with Crippen molar-refractivity contribution in [1.82, 2.24) is 14.8 Å². The average molecular weight is 395 g/mol. The van der Waals surface area contributed by atoms with Crippen molar-refractivity contribution in [2.24, 2.45) is 0 Å². The highest BCUT2D eigenvalue weighted by atomic mass is 16.5. The number of rotatable bonds is 8. The molecule has 2 aromatic carbocycles. The predicted octanol–water partition coefficient (Wildman–Crippen LogP) is 3.94. The summed E-state index contributed by atoms with van der Waals surface area (Å²) in [7, 11) is 1.69. The van der Waals surface area contributed by atoms with E-state index in [2.05, 4.69) is 51.3 Å². The molecule has 6 nitrogen and oxygen atoms in total. The number of nitrogens with zero attached hydrogens (tertiary/aromatic N) is 2. The molecule has 0 aliphatic carbocycles. The van der Waals surface area contributed by atoms with Gasteiger partial charge >= 0.3 is 0 Å². The number of anilines is 2. The van der Waals surface area contributed by atoms with E-state index in [0.29, 0.717) is 6.61 Å². The maximum Gasteiger partial charge on any atom is 0.184 e. The molecule has 4 rings (SSSR count). The smallest absolute Gasteiger partial charge is 0.184 e. The number of aromatic amines is 1. The fourth-order valence-electron chi connectivity index (χ4n) is 3.84. The third-order valence-electron chi connectivity index (χ3n) is 5.59. The van der Waals surface area contributed by atoms with E-state index in [1.807, 2.05) is 24.4 Å². The largest absolute Gasteiger partial charge is 0.491 e. The van der Waals surface area contributed by atoms with Crippen molar-refractivity contribution >= 4 is 22.3 Å². The van der Waals surface area contributed by atoms with Crippen molar-refractivity contribution in [2.45, 2.75) is 6.92 Å². The monoisotopic (exact) mass is 394 g/mol. The van der Waals surface area contributed by atoms with Crippen LogP contribution < -0.4 is 14.8 Å². The SMILES string of the molecule is CCN1CCN(CCOc2cccc(Nc3ccc4[nH]ccc4c3)c2OC)CC1. The van der Waals surface area contributed by atoms with E-state index in [1.165, 1.54) is 5.39 Å². The highest BCUT2D eigenvalue weighted by Gasteiger charge is 2.16. The van der Waals surface area contributed by atoms with Gasteiger partial charge in [0.2, 0.25) is 0 Å². The Hall–Kier alpha value is -2.70. The van der Waals surface area contributed by atoms with Gasteiger partial charge in [0, 0.05) is 55.5 Å². The molecule has 6 heteroatoms. The normalized spacial score (nSPS) is 15.5. The van der Waals surface area contributed by atoms with E-state index in [-0.39, 0.29) is 0 Å². The van der Waals surface area contributed by atoms with Crippen molar-refractivity contribution in [1.29, 1.82) is 0 Å². The molecule has 0 amide bonds. The Morgan fingerprint density at radius 2 is 1.86 bits per heavy atom. The molecule has 0 unspecified atom stereocenters. The topological polar surface area (TPSA) is 52.8 Å². The summed E-state index contributed by atoms with van der Waals surface area (Å²) in [5.74, 6) is 1.50. The zero-order valence-corrected chi connectivity index (χ0v) is 17.3. The number of aromatic nitrogens is 1. The Bertz CT molecular complexity index is 932. The molecule has 0 atom stereocenters. The summed E-state index contributed by atoms with van der Waals surface area (Å²) < 4.78 is 11.8. The van der Waals surface area contributed by atoms with E-state index in [0.717, 1.165) is 67.7 Å². The van der Waals surface area contributed by atoms with Crippen LogP contribution in [0.3, 0.4) is 0 Å². The van der Waals surface area contributed by atoms with Gasteiger partial charge in [-0.25, -0.2) is 0 Å². The van der Waals surface area contributed by atoms with Gasteiger partial charge in [-0.2, -0.15) is 0 Å². The maximum absolute atomic E-state index is 6.09. The van der Waals surface area contributed by atoms with Crippen LogP contribution in [0, 0.1) is 0 Å². The lowest BCUT2D eigenvalue weighted by atomic mass is 10.2. The minimum absolute atomic E-state index is 0.654. The van der Waals surface area contributed by atoms with E-state index in [1.54, 1.807) is 7.11 Å². The zero-order valence-electron chi connectivity index (χ0n) is 17.3. The number of ether oxygens (including phenoxy) is 2. The molecule has 1 aromatic heterocycles. The third kappa shape index (κ3) is 4.66. The van der Waals surface area contributed by atoms with Gasteiger partial charge < -0.3 is 24.7 Å². The molecule has 2 N–H and O–H groups in total. The number of likely N-dealkylation sites (N-methyl/N-ethyl adjacent to an activating group) is 1. The van der Waals surface area contributed by atoms with Gasteiger partial charge in [0.1, 0.15) is 6.61 Å². The molecule has 0 radical (unpaired) electrons. The van der Waals surface area contributed by atoms with Crippen LogP contribution in [0.4, 0.5) is 11.4 Å². The summed E-state index contributed by atoms with van der Waals surface area (Å²) in [4.78, 5) is 8.17. The molecule has 2 heterocycles. The van der Waals surface area contributed by atoms with Gasteiger partial charge in [-0.1, -0.05) is 13.0 Å². The summed E-state index contributed by atoms with van der Waals surface area (Å²) in [5, 5.41) is 4.63. The number of benzene rings is 2. The highest BCUT2D eigenvalue weighted by Crippen LogP contribution is 2.37. The Kier molecular flexibility index (Phi) is 6.22. The van der Waals surface area contributed by atoms with Crippen LogP contribution >= 0.6 is 0 Å². The number of para-hydroxylation sites is 1. The first-order valence-corrected chi connectivity index (χ1v) is 10.4. The molecule has 1 aliphatic rings. The van der Waals surface area contributed by atoms with Crippen LogP contribution in [0.2, 0.25) is 0 Å². The number of nitrogens with one attached hydrogen (secondary N) is 2. The number of methoxy groups -OCH3 is 1. The Morgan fingerprint density at radius 3 is 2.66 bits per heavy atom. The summed E-state index contributed by atoms with van der Waals surface area (Å²) in [6.45, 7) is 9.45. The zero-order chi connectivity index (χ0) is 20.1. The minimum Gasteiger partial charge on any atom is -0.491 e. The van der Waals surface area contributed by atoms with Crippen LogP contribution in [0.1, 0.15) is 6.92 Å². The lowest BCUT2D eigenvalue weighted by Crippen LogP contribution is -2.47. The summed E-state index contributed by atoms with van der Waals surface area (Å²) in [6.07, 6.45) is 1.95. The lowest BCUT2D eigenvalue weighted by Gasteiger charge is -2.33. The fraction of sp³-hybridized carbons (Fsp3) is 0.391. The number of H-pyrrole nitrogens is 1. The second-order valence-corrected chi connectivity index (χ2v) is 7.37. The van der Waals surface area contributed by atoms with Crippen molar-refractivity contribution in [3.63, 3.8) is 0 Å². The molecule has 1 fully saturated rings. The van der Waals surface area contributed by atoms with Crippen molar-refractivity contribution in [2.75, 3.05) is 58.3 Å². The molecule has 1 aliphatic heterocycles. The van der Waals surface area contributed by atoms with E-state index >= 15 is 0 Å². The Morgan fingerprint density at radius 1 is 1.03 bits per heavy atom. The van der Waals surface area contributed by atoms with E-state index in [4.69, 9.17) is 9.47 Å². The van der Waals surface area contributed by atoms with E-state index in [9.17, 15) is 0 Å². The van der Waals surface area contributed by atoms with Gasteiger partial charge in [-0.3, -0.25) is 4.90 Å². The number of hydrogen-bond acceptors (Lipinski definition) is 5. The number of fused-ring (bicyclic) bond motifs is 1. The first-order valence-electron chi connectivity index (χ1n) is 10.4. The lowest BCUT2D eigenvalue weighted by molar-refractivity contribution is 0.120. The number of piperazine rings is 1. The molecule has 0 bridgehead atoms.